The van der Waals surface area contributed by atoms with Gasteiger partial charge in [-0.05, 0) is 43.7 Å². The standard InChI is InChI=1S/C18H25NO6/c1-23-15-11-13(18(21)22)10-14(17(15)24-2)19-16(20)5-3-4-12-6-8-25-9-7-12/h10-12H,3-9H2,1-2H3,(H,19,20)(H,21,22). The first-order valence-electron chi connectivity index (χ1n) is 8.42. The molecule has 1 heterocycles. The van der Waals surface area contributed by atoms with Crippen LogP contribution < -0.4 is 14.8 Å². The number of nitrogens with one attached hydrogen (secondary N) is 1. The van der Waals surface area contributed by atoms with E-state index in [1.165, 1.54) is 26.4 Å². The third kappa shape index (κ3) is 5.35. The van der Waals surface area contributed by atoms with E-state index in [2.05, 4.69) is 5.32 Å². The van der Waals surface area contributed by atoms with Gasteiger partial charge in [-0.3, -0.25) is 4.79 Å². The van der Waals surface area contributed by atoms with Gasteiger partial charge in [0.25, 0.3) is 0 Å². The number of amides is 1. The molecule has 7 nitrogen and oxygen atoms in total. The number of carbonyl (C=O) groups is 2. The minimum Gasteiger partial charge on any atom is -0.493 e. The van der Waals surface area contributed by atoms with E-state index in [1.54, 1.807) is 0 Å². The van der Waals surface area contributed by atoms with Gasteiger partial charge >= 0.3 is 5.97 Å². The lowest BCUT2D eigenvalue weighted by Crippen LogP contribution is -2.17. The van der Waals surface area contributed by atoms with Crippen LogP contribution in [0.5, 0.6) is 11.5 Å². The molecule has 1 amide bonds. The smallest absolute Gasteiger partial charge is 0.335 e. The van der Waals surface area contributed by atoms with Gasteiger partial charge in [0, 0.05) is 19.6 Å². The number of aromatic carboxylic acids is 1. The second-order valence-corrected chi connectivity index (χ2v) is 6.06. The number of carboxylic acid groups (broad SMARTS) is 1. The molecule has 1 aliphatic heterocycles. The summed E-state index contributed by atoms with van der Waals surface area (Å²) in [4.78, 5) is 23.5. The van der Waals surface area contributed by atoms with E-state index >= 15 is 0 Å². The zero-order chi connectivity index (χ0) is 18.2. The molecule has 0 aromatic heterocycles. The molecular formula is C18H25NO6. The molecule has 0 aliphatic carbocycles. The van der Waals surface area contributed by atoms with Gasteiger partial charge in [-0.15, -0.1) is 0 Å². The van der Waals surface area contributed by atoms with E-state index in [1.807, 2.05) is 0 Å². The molecule has 0 unspecified atom stereocenters. The van der Waals surface area contributed by atoms with E-state index < -0.39 is 5.97 Å². The topological polar surface area (TPSA) is 94.1 Å². The van der Waals surface area contributed by atoms with Crippen LogP contribution in [0, 0.1) is 5.92 Å². The molecule has 25 heavy (non-hydrogen) atoms. The molecule has 1 aliphatic rings. The highest BCUT2D eigenvalue weighted by molar-refractivity contribution is 5.96. The van der Waals surface area contributed by atoms with E-state index in [0.717, 1.165) is 38.9 Å². The first kappa shape index (κ1) is 19.1. The number of anilines is 1. The molecule has 1 saturated heterocycles. The van der Waals surface area contributed by atoms with Crippen molar-refractivity contribution in [1.82, 2.24) is 0 Å². The van der Waals surface area contributed by atoms with E-state index in [9.17, 15) is 14.7 Å². The Morgan fingerprint density at radius 2 is 1.96 bits per heavy atom. The van der Waals surface area contributed by atoms with Crippen molar-refractivity contribution in [3.05, 3.63) is 17.7 Å². The van der Waals surface area contributed by atoms with Crippen LogP contribution in [-0.4, -0.2) is 44.4 Å². The van der Waals surface area contributed by atoms with Crippen LogP contribution in [0.1, 0.15) is 42.5 Å². The Hall–Kier alpha value is -2.28. The molecule has 7 heteroatoms. The van der Waals surface area contributed by atoms with E-state index in [4.69, 9.17) is 14.2 Å². The quantitative estimate of drug-likeness (QED) is 0.748. The third-order valence-corrected chi connectivity index (χ3v) is 4.36. The highest BCUT2D eigenvalue weighted by atomic mass is 16.5. The fraction of sp³-hybridized carbons (Fsp3) is 0.556. The lowest BCUT2D eigenvalue weighted by Gasteiger charge is -2.21. The maximum absolute atomic E-state index is 12.2. The highest BCUT2D eigenvalue weighted by Crippen LogP contribution is 2.36. The first-order chi connectivity index (χ1) is 12.0. The molecule has 1 aromatic carbocycles. The van der Waals surface area contributed by atoms with Crippen molar-refractivity contribution in [3.63, 3.8) is 0 Å². The molecule has 0 atom stereocenters. The molecule has 0 bridgehead atoms. The Balaban J connectivity index is 1.98. The van der Waals surface area contributed by atoms with Crippen LogP contribution in [0.2, 0.25) is 0 Å². The van der Waals surface area contributed by atoms with Crippen LogP contribution in [0.25, 0.3) is 0 Å². The predicted octanol–water partition coefficient (Wildman–Crippen LogP) is 2.94. The Bertz CT molecular complexity index is 610. The molecule has 0 spiro atoms. The number of carbonyl (C=O) groups excluding carboxylic acids is 1. The van der Waals surface area contributed by atoms with E-state index in [-0.39, 0.29) is 17.2 Å². The van der Waals surface area contributed by atoms with Crippen molar-refractivity contribution in [3.8, 4) is 11.5 Å². The van der Waals surface area contributed by atoms with Gasteiger partial charge in [-0.1, -0.05) is 0 Å². The lowest BCUT2D eigenvalue weighted by molar-refractivity contribution is -0.116. The highest BCUT2D eigenvalue weighted by Gasteiger charge is 2.18. The van der Waals surface area contributed by atoms with Crippen molar-refractivity contribution in [2.24, 2.45) is 5.92 Å². The summed E-state index contributed by atoms with van der Waals surface area (Å²) in [6.07, 6.45) is 4.25. The second kappa shape index (κ2) is 9.27. The summed E-state index contributed by atoms with van der Waals surface area (Å²) >= 11 is 0. The number of hydrogen-bond acceptors (Lipinski definition) is 5. The fourth-order valence-electron chi connectivity index (χ4n) is 2.98. The van der Waals surface area contributed by atoms with Gasteiger partial charge in [-0.2, -0.15) is 0 Å². The Labute approximate surface area is 147 Å². The summed E-state index contributed by atoms with van der Waals surface area (Å²) in [7, 11) is 2.86. The van der Waals surface area contributed by atoms with Crippen LogP contribution >= 0.6 is 0 Å². The summed E-state index contributed by atoms with van der Waals surface area (Å²) in [5, 5.41) is 11.9. The zero-order valence-corrected chi connectivity index (χ0v) is 14.7. The van der Waals surface area contributed by atoms with Crippen molar-refractivity contribution >= 4 is 17.6 Å². The number of ether oxygens (including phenoxy) is 3. The Kier molecular flexibility index (Phi) is 7.06. The number of rotatable bonds is 8. The van der Waals surface area contributed by atoms with Gasteiger partial charge in [-0.25, -0.2) is 4.79 Å². The normalized spacial score (nSPS) is 14.8. The predicted molar refractivity (Wildman–Crippen MR) is 92.5 cm³/mol. The number of hydrogen-bond donors (Lipinski definition) is 2. The van der Waals surface area contributed by atoms with Gasteiger partial charge in [0.15, 0.2) is 11.5 Å². The summed E-state index contributed by atoms with van der Waals surface area (Å²) in [5.41, 5.74) is 0.325. The number of methoxy groups -OCH3 is 2. The summed E-state index contributed by atoms with van der Waals surface area (Å²) in [5.74, 6) is -0.0809. The van der Waals surface area contributed by atoms with Crippen LogP contribution in [0.4, 0.5) is 5.69 Å². The summed E-state index contributed by atoms with van der Waals surface area (Å²) in [6.45, 7) is 1.60. The van der Waals surface area contributed by atoms with Crippen molar-refractivity contribution in [2.45, 2.75) is 32.1 Å². The zero-order valence-electron chi connectivity index (χ0n) is 14.7. The number of benzene rings is 1. The monoisotopic (exact) mass is 351 g/mol. The van der Waals surface area contributed by atoms with Gasteiger partial charge in [0.1, 0.15) is 0 Å². The molecule has 138 valence electrons. The molecule has 2 rings (SSSR count). The Morgan fingerprint density at radius 3 is 2.56 bits per heavy atom. The second-order valence-electron chi connectivity index (χ2n) is 6.06. The molecule has 1 aromatic rings. The molecule has 0 radical (unpaired) electrons. The Morgan fingerprint density at radius 1 is 1.24 bits per heavy atom. The third-order valence-electron chi connectivity index (χ3n) is 4.36. The molecule has 2 N–H and O–H groups in total. The fourth-order valence-corrected chi connectivity index (χ4v) is 2.98. The maximum atomic E-state index is 12.2. The largest absolute Gasteiger partial charge is 0.493 e. The maximum Gasteiger partial charge on any atom is 0.335 e. The average Bonchev–Trinajstić information content (AvgIpc) is 2.61. The van der Waals surface area contributed by atoms with Crippen LogP contribution in [0.3, 0.4) is 0 Å². The molecule has 0 saturated carbocycles. The van der Waals surface area contributed by atoms with Gasteiger partial charge in [0.2, 0.25) is 5.91 Å². The van der Waals surface area contributed by atoms with E-state index in [0.29, 0.717) is 23.8 Å². The minimum absolute atomic E-state index is 0.0233. The first-order valence-corrected chi connectivity index (χ1v) is 8.42. The van der Waals surface area contributed by atoms with Crippen LogP contribution in [-0.2, 0) is 9.53 Å². The molecular weight excluding hydrogens is 326 g/mol. The summed E-state index contributed by atoms with van der Waals surface area (Å²) in [6, 6.07) is 2.74. The van der Waals surface area contributed by atoms with Crippen molar-refractivity contribution in [2.75, 3.05) is 32.8 Å². The van der Waals surface area contributed by atoms with Crippen LogP contribution in [0.15, 0.2) is 12.1 Å². The average molecular weight is 351 g/mol. The van der Waals surface area contributed by atoms with Gasteiger partial charge in [0.05, 0.1) is 25.5 Å². The molecule has 1 fully saturated rings. The minimum atomic E-state index is -1.10. The van der Waals surface area contributed by atoms with Crippen molar-refractivity contribution < 1.29 is 28.9 Å². The van der Waals surface area contributed by atoms with Crippen molar-refractivity contribution in [1.29, 1.82) is 0 Å². The number of carboxylic acids is 1. The lowest BCUT2D eigenvalue weighted by atomic mass is 9.94. The van der Waals surface area contributed by atoms with Gasteiger partial charge < -0.3 is 24.6 Å². The SMILES string of the molecule is COc1cc(C(=O)O)cc(NC(=O)CCCC2CCOCC2)c1OC. The summed E-state index contributed by atoms with van der Waals surface area (Å²) < 4.78 is 15.7.